The van der Waals surface area contributed by atoms with Gasteiger partial charge in [-0.15, -0.1) is 0 Å². The van der Waals surface area contributed by atoms with E-state index < -0.39 is 0 Å². The van der Waals surface area contributed by atoms with Crippen LogP contribution in [0, 0.1) is 0 Å². The Hall–Kier alpha value is -2.63. The highest BCUT2D eigenvalue weighted by Gasteiger charge is 2.23. The first-order valence-corrected chi connectivity index (χ1v) is 8.57. The lowest BCUT2D eigenvalue weighted by molar-refractivity contribution is -0.530. The minimum Gasteiger partial charge on any atom is -0.359 e. The Kier molecular flexibility index (Phi) is 3.14. The lowest BCUT2D eigenvalue weighted by Gasteiger charge is -2.22. The molecule has 0 fully saturated rings. The minimum absolute atomic E-state index is 0.933. The van der Waals surface area contributed by atoms with E-state index in [1.54, 1.807) is 0 Å². The molecule has 0 amide bonds. The van der Waals surface area contributed by atoms with E-state index in [1.165, 1.54) is 17.0 Å². The first-order valence-electron chi connectivity index (χ1n) is 8.57. The van der Waals surface area contributed by atoms with Gasteiger partial charge in [0.1, 0.15) is 0 Å². The number of fused-ring (bicyclic) bond motifs is 8. The zero-order chi connectivity index (χ0) is 15.9. The number of hydrogen-bond donors (Lipinski definition) is 1. The zero-order valence-corrected chi connectivity index (χ0v) is 13.8. The molecule has 1 aromatic rings. The van der Waals surface area contributed by atoms with Gasteiger partial charge in [0.25, 0.3) is 0 Å². The molecule has 5 rings (SSSR count). The van der Waals surface area contributed by atoms with Crippen molar-refractivity contribution in [3.63, 3.8) is 0 Å². The van der Waals surface area contributed by atoms with E-state index in [0.717, 1.165) is 46.2 Å². The summed E-state index contributed by atoms with van der Waals surface area (Å²) < 4.78 is 2.39. The van der Waals surface area contributed by atoms with Crippen LogP contribution < -0.4 is 0 Å². The summed E-state index contributed by atoms with van der Waals surface area (Å²) in [6.45, 7) is 6.78. The molecule has 1 N–H and O–H groups in total. The zero-order valence-electron chi connectivity index (χ0n) is 13.8. The molecule has 5 heterocycles. The van der Waals surface area contributed by atoms with Crippen molar-refractivity contribution < 1.29 is 4.58 Å². The van der Waals surface area contributed by atoms with E-state index in [4.69, 9.17) is 0 Å². The molecule has 8 bridgehead atoms. The topological polar surface area (TPSA) is 31.8 Å². The summed E-state index contributed by atoms with van der Waals surface area (Å²) in [5.41, 5.74) is 4.04. The van der Waals surface area contributed by atoms with Crippen LogP contribution in [0.3, 0.4) is 0 Å². The Morgan fingerprint density at radius 1 is 0.792 bits per heavy atom. The van der Waals surface area contributed by atoms with Crippen molar-refractivity contribution in [2.45, 2.75) is 13.1 Å². The van der Waals surface area contributed by atoms with Crippen LogP contribution in [-0.4, -0.2) is 68.5 Å². The second-order valence-electron chi connectivity index (χ2n) is 7.08. The summed E-state index contributed by atoms with van der Waals surface area (Å²) in [4.78, 5) is 13.0. The summed E-state index contributed by atoms with van der Waals surface area (Å²) in [7, 11) is 0. The van der Waals surface area contributed by atoms with Gasteiger partial charge in [-0.05, 0) is 12.1 Å². The minimum atomic E-state index is 0.933. The molecule has 0 spiro atoms. The van der Waals surface area contributed by atoms with Gasteiger partial charge in [-0.3, -0.25) is 0 Å². The number of rotatable bonds is 0. The number of aromatic nitrogens is 1. The Morgan fingerprint density at radius 2 is 1.42 bits per heavy atom. The van der Waals surface area contributed by atoms with Crippen molar-refractivity contribution >= 4 is 6.21 Å². The second-order valence-corrected chi connectivity index (χ2v) is 7.08. The van der Waals surface area contributed by atoms with Gasteiger partial charge in [-0.25, -0.2) is 4.58 Å². The van der Waals surface area contributed by atoms with Crippen LogP contribution in [0.15, 0.2) is 48.6 Å². The van der Waals surface area contributed by atoms with Crippen molar-refractivity contribution in [2.75, 3.05) is 33.1 Å². The molecule has 0 atom stereocenters. The third-order valence-corrected chi connectivity index (χ3v) is 4.95. The first kappa shape index (κ1) is 13.8. The van der Waals surface area contributed by atoms with Crippen LogP contribution in [0.2, 0.25) is 0 Å². The summed E-state index contributed by atoms with van der Waals surface area (Å²) in [6, 6.07) is 4.43. The highest BCUT2D eigenvalue weighted by atomic mass is 15.4. The van der Waals surface area contributed by atoms with Gasteiger partial charge < -0.3 is 24.6 Å². The number of nitrogens with zero attached hydrogens (tertiary/aromatic N) is 5. The predicted octanol–water partition coefficient (Wildman–Crippen LogP) is 1.10. The van der Waals surface area contributed by atoms with Gasteiger partial charge in [0.15, 0.2) is 12.8 Å². The number of nitrogens with one attached hydrogen (secondary N) is 1. The van der Waals surface area contributed by atoms with E-state index in [-0.39, 0.29) is 0 Å². The fourth-order valence-electron chi connectivity index (χ4n) is 3.82. The molecule has 6 heteroatoms. The first-order chi connectivity index (χ1) is 11.8. The van der Waals surface area contributed by atoms with Crippen LogP contribution >= 0.6 is 0 Å². The third-order valence-electron chi connectivity index (χ3n) is 4.95. The van der Waals surface area contributed by atoms with Gasteiger partial charge in [0.2, 0.25) is 6.67 Å². The summed E-state index contributed by atoms with van der Waals surface area (Å²) in [5, 5.41) is 0. The predicted molar refractivity (Wildman–Crippen MR) is 92.6 cm³/mol. The Bertz CT molecular complexity index is 695. The van der Waals surface area contributed by atoms with Crippen molar-refractivity contribution in [3.05, 3.63) is 60.0 Å². The number of hydrogen-bond acceptors (Lipinski definition) is 4. The fraction of sp³-hybridized carbons (Fsp3) is 0.389. The van der Waals surface area contributed by atoms with Crippen LogP contribution in [0.5, 0.6) is 0 Å². The summed E-state index contributed by atoms with van der Waals surface area (Å²) in [5.74, 6) is 0. The molecule has 24 heavy (non-hydrogen) atoms. The molecule has 0 saturated heterocycles. The standard InChI is InChI=1S/C18H23N6/c1-2-18-12-23-7-8-24(15-23)14-20-4-3-16(9-20)10-21-5-6-22(13-21)11-17(1)19-18/h1-8,19H,9-15H2/q+1. The van der Waals surface area contributed by atoms with Crippen LogP contribution in [-0.2, 0) is 13.1 Å². The normalized spacial score (nSPS) is 22.5. The molecule has 0 aromatic carbocycles. The molecule has 0 aliphatic carbocycles. The third kappa shape index (κ3) is 2.68. The highest BCUT2D eigenvalue weighted by Crippen LogP contribution is 2.17. The van der Waals surface area contributed by atoms with Gasteiger partial charge in [0.05, 0.1) is 26.4 Å². The van der Waals surface area contributed by atoms with Crippen molar-refractivity contribution in [2.24, 2.45) is 0 Å². The van der Waals surface area contributed by atoms with Crippen LogP contribution in [0.1, 0.15) is 11.4 Å². The number of H-pyrrole nitrogens is 1. The summed E-state index contributed by atoms with van der Waals surface area (Å²) >= 11 is 0. The molecule has 1 aromatic heterocycles. The van der Waals surface area contributed by atoms with E-state index in [0.29, 0.717) is 0 Å². The van der Waals surface area contributed by atoms with Crippen molar-refractivity contribution in [1.29, 1.82) is 0 Å². The molecule has 4 aliphatic rings. The molecule has 4 aliphatic heterocycles. The quantitative estimate of drug-likeness (QED) is 0.725. The lowest BCUT2D eigenvalue weighted by Crippen LogP contribution is -2.33. The molecular formula is C18H23N6+. The van der Waals surface area contributed by atoms with E-state index >= 15 is 0 Å². The Morgan fingerprint density at radius 3 is 2.17 bits per heavy atom. The van der Waals surface area contributed by atoms with Gasteiger partial charge in [-0.1, -0.05) is 0 Å². The van der Waals surface area contributed by atoms with Gasteiger partial charge >= 0.3 is 0 Å². The average molecular weight is 323 g/mol. The molecule has 0 unspecified atom stereocenters. The summed E-state index contributed by atoms with van der Waals surface area (Å²) in [6.07, 6.45) is 13.3. The maximum absolute atomic E-state index is 3.57. The van der Waals surface area contributed by atoms with E-state index in [1.807, 2.05) is 0 Å². The lowest BCUT2D eigenvalue weighted by atomic mass is 10.2. The highest BCUT2D eigenvalue weighted by molar-refractivity contribution is 5.69. The second kappa shape index (κ2) is 5.47. The maximum Gasteiger partial charge on any atom is 0.219 e. The Labute approximate surface area is 142 Å². The largest absolute Gasteiger partial charge is 0.359 e. The molecule has 0 radical (unpaired) electrons. The average Bonchev–Trinajstić information content (AvgIpc) is 3.32. The molecule has 0 saturated carbocycles. The molecule has 6 nitrogen and oxygen atoms in total. The SMILES string of the molecule is C1=CN2Cc3ccc([nH]3)CN3C=CN(C3)C[N+]3=CC=C(CN1C2)C3. The Balaban J connectivity index is 1.37. The monoisotopic (exact) mass is 323 g/mol. The van der Waals surface area contributed by atoms with Crippen LogP contribution in [0.25, 0.3) is 0 Å². The molecular weight excluding hydrogens is 300 g/mol. The fourth-order valence-corrected chi connectivity index (χ4v) is 3.82. The molecule has 124 valence electrons. The smallest absolute Gasteiger partial charge is 0.219 e. The van der Waals surface area contributed by atoms with Gasteiger partial charge in [0, 0.05) is 54.4 Å². The van der Waals surface area contributed by atoms with Crippen molar-refractivity contribution in [1.82, 2.24) is 24.6 Å². The van der Waals surface area contributed by atoms with E-state index in [2.05, 4.69) is 78.4 Å². The van der Waals surface area contributed by atoms with Gasteiger partial charge in [-0.2, -0.15) is 0 Å². The van der Waals surface area contributed by atoms with Crippen molar-refractivity contribution in [3.8, 4) is 0 Å². The number of allylic oxidation sites excluding steroid dienone is 1. The van der Waals surface area contributed by atoms with E-state index in [9.17, 15) is 0 Å². The van der Waals surface area contributed by atoms with Crippen LogP contribution in [0.4, 0.5) is 0 Å². The number of aromatic amines is 1. The maximum atomic E-state index is 3.57.